The first kappa shape index (κ1) is 9.39. The van der Waals surface area contributed by atoms with Crippen LogP contribution < -0.4 is 5.32 Å². The molecule has 1 aliphatic rings. The minimum absolute atomic E-state index is 0.269. The Morgan fingerprint density at radius 1 is 1.60 bits per heavy atom. The van der Waals surface area contributed by atoms with Gasteiger partial charge in [0.1, 0.15) is 6.04 Å². The second-order valence-corrected chi connectivity index (χ2v) is 1.99. The molecule has 1 aliphatic heterocycles. The zero-order valence-corrected chi connectivity index (χ0v) is 6.00. The lowest BCUT2D eigenvalue weighted by Gasteiger charge is -1.99. The number of carboxylic acids is 1. The maximum Gasteiger partial charge on any atom is 0.320 e. The second-order valence-electron chi connectivity index (χ2n) is 1.99. The number of aliphatic carboxylic acids is 1. The first-order valence-corrected chi connectivity index (χ1v) is 3.21. The molecule has 1 rings (SSSR count). The molecule has 4 heteroatoms. The molecule has 0 aromatic carbocycles. The minimum atomic E-state index is -0.720. The van der Waals surface area contributed by atoms with Crippen molar-refractivity contribution >= 4 is 5.97 Å². The van der Waals surface area contributed by atoms with Gasteiger partial charge in [-0.05, 0) is 19.4 Å². The van der Waals surface area contributed by atoms with Crippen molar-refractivity contribution in [3.8, 4) is 0 Å². The van der Waals surface area contributed by atoms with Gasteiger partial charge in [0.15, 0.2) is 0 Å². The molecule has 0 amide bonds. The number of carboxylic acid groups (broad SMARTS) is 1. The summed E-state index contributed by atoms with van der Waals surface area (Å²) in [7, 11) is 1.00. The summed E-state index contributed by atoms with van der Waals surface area (Å²) >= 11 is 0. The van der Waals surface area contributed by atoms with E-state index in [2.05, 4.69) is 5.32 Å². The third-order valence-corrected chi connectivity index (χ3v) is 1.36. The van der Waals surface area contributed by atoms with E-state index < -0.39 is 5.97 Å². The fourth-order valence-corrected chi connectivity index (χ4v) is 0.895. The van der Waals surface area contributed by atoms with Crippen LogP contribution in [0.2, 0.25) is 0 Å². The van der Waals surface area contributed by atoms with Crippen molar-refractivity contribution in [1.29, 1.82) is 0 Å². The molecular weight excluding hydrogens is 134 g/mol. The lowest BCUT2D eigenvalue weighted by Crippen LogP contribution is -2.29. The molecule has 0 aromatic heterocycles. The molecule has 4 nitrogen and oxygen atoms in total. The highest BCUT2D eigenvalue weighted by atomic mass is 16.4. The minimum Gasteiger partial charge on any atom is -0.480 e. The van der Waals surface area contributed by atoms with Crippen LogP contribution in [0.15, 0.2) is 0 Å². The fraction of sp³-hybridized carbons (Fsp3) is 0.833. The van der Waals surface area contributed by atoms with Crippen molar-refractivity contribution in [2.45, 2.75) is 18.9 Å². The van der Waals surface area contributed by atoms with Gasteiger partial charge in [-0.3, -0.25) is 4.79 Å². The second kappa shape index (κ2) is 5.20. The first-order valence-electron chi connectivity index (χ1n) is 3.21. The van der Waals surface area contributed by atoms with Gasteiger partial charge in [0.05, 0.1) is 0 Å². The molecule has 1 saturated heterocycles. The van der Waals surface area contributed by atoms with Crippen LogP contribution in [0.3, 0.4) is 0 Å². The number of aliphatic hydroxyl groups is 1. The number of hydrogen-bond acceptors (Lipinski definition) is 3. The molecule has 0 radical (unpaired) electrons. The topological polar surface area (TPSA) is 69.6 Å². The lowest BCUT2D eigenvalue weighted by molar-refractivity contribution is -0.139. The van der Waals surface area contributed by atoms with Gasteiger partial charge >= 0.3 is 5.97 Å². The van der Waals surface area contributed by atoms with Crippen molar-refractivity contribution in [3.05, 3.63) is 0 Å². The van der Waals surface area contributed by atoms with Crippen LogP contribution in [0.25, 0.3) is 0 Å². The smallest absolute Gasteiger partial charge is 0.320 e. The monoisotopic (exact) mass is 147 g/mol. The molecule has 10 heavy (non-hydrogen) atoms. The van der Waals surface area contributed by atoms with E-state index in [1.54, 1.807) is 0 Å². The SMILES string of the molecule is CO.O=C(O)C1CCCN1. The van der Waals surface area contributed by atoms with E-state index in [0.717, 1.165) is 26.5 Å². The van der Waals surface area contributed by atoms with Gasteiger partial charge < -0.3 is 15.5 Å². The van der Waals surface area contributed by atoms with Gasteiger partial charge in [0.2, 0.25) is 0 Å². The van der Waals surface area contributed by atoms with E-state index in [1.807, 2.05) is 0 Å². The Bertz CT molecular complexity index is 99.2. The predicted molar refractivity (Wildman–Crippen MR) is 36.8 cm³/mol. The van der Waals surface area contributed by atoms with Crippen LogP contribution >= 0.6 is 0 Å². The maximum absolute atomic E-state index is 10.1. The molecule has 0 aliphatic carbocycles. The Balaban J connectivity index is 0.000000371. The largest absolute Gasteiger partial charge is 0.480 e. The normalized spacial score (nSPS) is 23.2. The van der Waals surface area contributed by atoms with Crippen molar-refractivity contribution in [3.63, 3.8) is 0 Å². The lowest BCUT2D eigenvalue weighted by atomic mass is 10.2. The molecule has 1 atom stereocenters. The van der Waals surface area contributed by atoms with Crippen molar-refractivity contribution in [1.82, 2.24) is 5.32 Å². The molecule has 0 saturated carbocycles. The maximum atomic E-state index is 10.1. The summed E-state index contributed by atoms with van der Waals surface area (Å²) in [6, 6.07) is -0.269. The van der Waals surface area contributed by atoms with E-state index >= 15 is 0 Å². The number of rotatable bonds is 1. The molecule has 0 spiro atoms. The third kappa shape index (κ3) is 2.80. The third-order valence-electron chi connectivity index (χ3n) is 1.36. The first-order chi connectivity index (χ1) is 4.80. The van der Waals surface area contributed by atoms with Crippen LogP contribution in [0.1, 0.15) is 12.8 Å². The van der Waals surface area contributed by atoms with Gasteiger partial charge in [0.25, 0.3) is 0 Å². The standard InChI is InChI=1S/C5H9NO2.CH4O/c7-5(8)4-2-1-3-6-4;1-2/h4,6H,1-3H2,(H,7,8);2H,1H3. The van der Waals surface area contributed by atoms with E-state index in [1.165, 1.54) is 0 Å². The number of aliphatic hydroxyl groups excluding tert-OH is 1. The Kier molecular flexibility index (Phi) is 4.88. The van der Waals surface area contributed by atoms with E-state index in [4.69, 9.17) is 10.2 Å². The summed E-state index contributed by atoms with van der Waals surface area (Å²) in [4.78, 5) is 10.1. The van der Waals surface area contributed by atoms with Crippen LogP contribution in [-0.4, -0.2) is 35.9 Å². The molecule has 1 fully saturated rings. The van der Waals surface area contributed by atoms with Crippen LogP contribution in [0, 0.1) is 0 Å². The van der Waals surface area contributed by atoms with E-state index in [0.29, 0.717) is 0 Å². The molecule has 1 heterocycles. The quantitative estimate of drug-likeness (QED) is 0.464. The van der Waals surface area contributed by atoms with Gasteiger partial charge in [-0.2, -0.15) is 0 Å². The van der Waals surface area contributed by atoms with Crippen molar-refractivity contribution < 1.29 is 15.0 Å². The van der Waals surface area contributed by atoms with E-state index in [9.17, 15) is 4.79 Å². The average molecular weight is 147 g/mol. The average Bonchev–Trinajstić information content (AvgIpc) is 2.42. The van der Waals surface area contributed by atoms with Crippen molar-refractivity contribution in [2.24, 2.45) is 0 Å². The summed E-state index contributed by atoms with van der Waals surface area (Å²) in [5.41, 5.74) is 0. The van der Waals surface area contributed by atoms with Gasteiger partial charge in [-0.1, -0.05) is 0 Å². The van der Waals surface area contributed by atoms with Crippen LogP contribution in [0.5, 0.6) is 0 Å². The number of hydrogen-bond donors (Lipinski definition) is 3. The van der Waals surface area contributed by atoms with E-state index in [-0.39, 0.29) is 6.04 Å². The highest BCUT2D eigenvalue weighted by Gasteiger charge is 2.20. The Labute approximate surface area is 59.9 Å². The summed E-state index contributed by atoms with van der Waals surface area (Å²) in [6.45, 7) is 0.858. The Hall–Kier alpha value is -0.610. The zero-order valence-electron chi connectivity index (χ0n) is 6.00. The van der Waals surface area contributed by atoms with Crippen LogP contribution in [0.4, 0.5) is 0 Å². The van der Waals surface area contributed by atoms with Crippen molar-refractivity contribution in [2.75, 3.05) is 13.7 Å². The summed E-state index contributed by atoms with van der Waals surface area (Å²) < 4.78 is 0. The van der Waals surface area contributed by atoms with Gasteiger partial charge in [0, 0.05) is 7.11 Å². The molecule has 0 aromatic rings. The van der Waals surface area contributed by atoms with Gasteiger partial charge in [-0.15, -0.1) is 0 Å². The number of carbonyl (C=O) groups is 1. The predicted octanol–water partition coefficient (Wildman–Crippen LogP) is -0.569. The highest BCUT2D eigenvalue weighted by Crippen LogP contribution is 2.03. The summed E-state index contributed by atoms with van der Waals surface area (Å²) in [5.74, 6) is -0.720. The molecule has 1 unspecified atom stereocenters. The molecular formula is C6H13NO3. The fourth-order valence-electron chi connectivity index (χ4n) is 0.895. The molecule has 0 bridgehead atoms. The van der Waals surface area contributed by atoms with Crippen LogP contribution in [-0.2, 0) is 4.79 Å². The Morgan fingerprint density at radius 3 is 2.40 bits per heavy atom. The summed E-state index contributed by atoms with van der Waals surface area (Å²) in [5, 5.41) is 18.2. The highest BCUT2D eigenvalue weighted by molar-refractivity contribution is 5.73. The summed E-state index contributed by atoms with van der Waals surface area (Å²) in [6.07, 6.45) is 1.78. The Morgan fingerprint density at radius 2 is 2.20 bits per heavy atom. The zero-order chi connectivity index (χ0) is 7.98. The number of nitrogens with one attached hydrogen (secondary N) is 1. The van der Waals surface area contributed by atoms with Gasteiger partial charge in [-0.25, -0.2) is 0 Å². The molecule has 3 N–H and O–H groups in total. The molecule has 60 valence electrons.